The maximum Gasteiger partial charge on any atom is 0.0546 e. The van der Waals surface area contributed by atoms with Crippen LogP contribution in [0.25, 0.3) is 0 Å². The van der Waals surface area contributed by atoms with Crippen LogP contribution in [0.1, 0.15) is 62.3 Å². The van der Waals surface area contributed by atoms with E-state index in [-0.39, 0.29) is 0 Å². The molecule has 0 aliphatic rings. The Morgan fingerprint density at radius 1 is 0.867 bits per heavy atom. The molecule has 0 fully saturated rings. The van der Waals surface area contributed by atoms with Crippen molar-refractivity contribution in [2.45, 2.75) is 73.6 Å². The third-order valence-electron chi connectivity index (χ3n) is 0.692. The van der Waals surface area contributed by atoms with Gasteiger partial charge in [0.2, 0.25) is 0 Å². The van der Waals surface area contributed by atoms with E-state index in [0.717, 1.165) is 5.92 Å². The number of hydrogen-bond donors (Lipinski definition) is 0. The summed E-state index contributed by atoms with van der Waals surface area (Å²) < 4.78 is 0. The minimum Gasteiger partial charge on any atom is -0.284 e. The van der Waals surface area contributed by atoms with Crippen LogP contribution < -0.4 is 0 Å². The average Bonchev–Trinajstić information content (AvgIpc) is 2.05. The van der Waals surface area contributed by atoms with Gasteiger partial charge in [-0.15, -0.1) is 11.8 Å². The maximum absolute atomic E-state index is 4.20. The Morgan fingerprint density at radius 3 is 1.40 bits per heavy atom. The van der Waals surface area contributed by atoms with Crippen LogP contribution in [-0.2, 0) is 0 Å². The van der Waals surface area contributed by atoms with E-state index in [9.17, 15) is 0 Å². The smallest absolute Gasteiger partial charge is 0.0546 e. The summed E-state index contributed by atoms with van der Waals surface area (Å²) in [5.41, 5.74) is 1.94. The molecule has 0 aliphatic heterocycles. The molecule has 0 unspecified atom stereocenters. The van der Waals surface area contributed by atoms with E-state index in [2.05, 4.69) is 53.5 Å². The quantitative estimate of drug-likeness (QED) is 0.479. The van der Waals surface area contributed by atoms with Crippen LogP contribution in [0.3, 0.4) is 0 Å². The molecule has 15 heavy (non-hydrogen) atoms. The van der Waals surface area contributed by atoms with Crippen LogP contribution >= 0.6 is 11.8 Å². The summed E-state index contributed by atoms with van der Waals surface area (Å²) >= 11 is 1.77. The van der Waals surface area contributed by atoms with E-state index in [0.29, 0.717) is 11.3 Å². The standard InChI is InChI=1S/C7H15NS.C4H10.C2H6/c1-6(2)8-5-9-7(3)4;1-4(2)3;1-2/h5-7H,1-4H3;4H,1-3H3;1-2H3. The normalized spacial score (nSPS) is 10.1. The first-order valence-electron chi connectivity index (χ1n) is 6.03. The van der Waals surface area contributed by atoms with Crippen LogP contribution in [-0.4, -0.2) is 16.8 Å². The highest BCUT2D eigenvalue weighted by molar-refractivity contribution is 8.12. The predicted molar refractivity (Wildman–Crippen MR) is 78.2 cm³/mol. The summed E-state index contributed by atoms with van der Waals surface area (Å²) in [6.07, 6.45) is 0. The van der Waals surface area contributed by atoms with Gasteiger partial charge >= 0.3 is 0 Å². The molecule has 0 radical (unpaired) electrons. The number of aliphatic imine (C=N–C) groups is 1. The third-order valence-corrected chi connectivity index (χ3v) is 1.48. The van der Waals surface area contributed by atoms with Gasteiger partial charge in [0.1, 0.15) is 0 Å². The Hall–Kier alpha value is 0.0200. The lowest BCUT2D eigenvalue weighted by molar-refractivity contribution is 0.737. The summed E-state index contributed by atoms with van der Waals surface area (Å²) in [7, 11) is 0. The van der Waals surface area contributed by atoms with Crippen molar-refractivity contribution in [1.82, 2.24) is 0 Å². The molecule has 94 valence electrons. The molecule has 0 saturated carbocycles. The van der Waals surface area contributed by atoms with Crippen LogP contribution in [0.2, 0.25) is 0 Å². The van der Waals surface area contributed by atoms with Gasteiger partial charge in [0.05, 0.1) is 5.55 Å². The number of rotatable bonds is 3. The second-order valence-corrected chi connectivity index (χ2v) is 5.69. The summed E-state index contributed by atoms with van der Waals surface area (Å²) in [6, 6.07) is 0.441. The van der Waals surface area contributed by atoms with Crippen molar-refractivity contribution < 1.29 is 0 Å². The van der Waals surface area contributed by atoms with Crippen LogP contribution in [0.5, 0.6) is 0 Å². The molecule has 0 aromatic rings. The molecule has 0 N–H and O–H groups in total. The Bertz CT molecular complexity index is 115. The average molecular weight is 233 g/mol. The van der Waals surface area contributed by atoms with Gasteiger partial charge < -0.3 is 0 Å². The second kappa shape index (κ2) is 16.4. The molecule has 0 rings (SSSR count). The highest BCUT2D eigenvalue weighted by Gasteiger charge is 1.88. The topological polar surface area (TPSA) is 12.4 Å². The van der Waals surface area contributed by atoms with Gasteiger partial charge in [-0.3, -0.25) is 4.99 Å². The molecule has 1 nitrogen and oxygen atoms in total. The van der Waals surface area contributed by atoms with E-state index < -0.39 is 0 Å². The van der Waals surface area contributed by atoms with Crippen molar-refractivity contribution in [1.29, 1.82) is 0 Å². The van der Waals surface area contributed by atoms with E-state index >= 15 is 0 Å². The number of thioether (sulfide) groups is 1. The first-order valence-corrected chi connectivity index (χ1v) is 6.97. The van der Waals surface area contributed by atoms with Crippen molar-refractivity contribution in [2.24, 2.45) is 10.9 Å². The lowest BCUT2D eigenvalue weighted by Crippen LogP contribution is -1.90. The van der Waals surface area contributed by atoms with E-state index in [1.165, 1.54) is 0 Å². The molecular weight excluding hydrogens is 202 g/mol. The van der Waals surface area contributed by atoms with Crippen LogP contribution in [0.4, 0.5) is 0 Å². The SMILES string of the molecule is CC.CC(C)C.CC(C)N=CSC(C)C. The molecule has 0 atom stereocenters. The highest BCUT2D eigenvalue weighted by Crippen LogP contribution is 2.04. The summed E-state index contributed by atoms with van der Waals surface area (Å²) in [4.78, 5) is 4.20. The van der Waals surface area contributed by atoms with Gasteiger partial charge in [0.15, 0.2) is 0 Å². The van der Waals surface area contributed by atoms with E-state index in [1.54, 1.807) is 11.8 Å². The van der Waals surface area contributed by atoms with E-state index in [1.807, 2.05) is 19.4 Å². The van der Waals surface area contributed by atoms with Gasteiger partial charge in [-0.1, -0.05) is 48.5 Å². The minimum absolute atomic E-state index is 0.441. The zero-order valence-corrected chi connectivity index (χ0v) is 13.0. The molecule has 2 heteroatoms. The lowest BCUT2D eigenvalue weighted by atomic mass is 10.3. The Balaban J connectivity index is -0.000000202. The van der Waals surface area contributed by atoms with Crippen molar-refractivity contribution in [3.8, 4) is 0 Å². The van der Waals surface area contributed by atoms with Gasteiger partial charge in [0, 0.05) is 11.3 Å². The Kier molecular flexibility index (Phi) is 22.4. The van der Waals surface area contributed by atoms with Crippen molar-refractivity contribution in [3.63, 3.8) is 0 Å². The molecule has 0 heterocycles. The summed E-state index contributed by atoms with van der Waals surface area (Å²) in [6.45, 7) is 19.0. The van der Waals surface area contributed by atoms with Gasteiger partial charge in [-0.25, -0.2) is 0 Å². The van der Waals surface area contributed by atoms with Gasteiger partial charge in [0.25, 0.3) is 0 Å². The first kappa shape index (κ1) is 20.4. The summed E-state index contributed by atoms with van der Waals surface area (Å²) in [5, 5.41) is 0.660. The molecule has 0 saturated heterocycles. The van der Waals surface area contributed by atoms with Crippen molar-refractivity contribution >= 4 is 17.3 Å². The fourth-order valence-corrected chi connectivity index (χ4v) is 0.836. The third kappa shape index (κ3) is 55.9. The van der Waals surface area contributed by atoms with Gasteiger partial charge in [-0.2, -0.15) is 0 Å². The fraction of sp³-hybridized carbons (Fsp3) is 0.923. The monoisotopic (exact) mass is 233 g/mol. The van der Waals surface area contributed by atoms with Crippen molar-refractivity contribution in [2.75, 3.05) is 0 Å². The Labute approximate surface area is 102 Å². The summed E-state index contributed by atoms with van der Waals surface area (Å²) in [5.74, 6) is 0.833. The predicted octanol–water partition coefficient (Wildman–Crippen LogP) is 5.25. The molecule has 0 amide bonds. The second-order valence-electron chi connectivity index (χ2n) is 4.27. The van der Waals surface area contributed by atoms with E-state index in [4.69, 9.17) is 0 Å². The molecule has 0 bridgehead atoms. The lowest BCUT2D eigenvalue weighted by Gasteiger charge is -1.97. The van der Waals surface area contributed by atoms with Crippen LogP contribution in [0, 0.1) is 5.92 Å². The molecular formula is C13H31NS. The zero-order valence-electron chi connectivity index (χ0n) is 12.2. The minimum atomic E-state index is 0.441. The first-order chi connectivity index (χ1) is 6.86. The molecule has 0 aromatic carbocycles. The highest BCUT2D eigenvalue weighted by atomic mass is 32.2. The molecule has 0 aliphatic carbocycles. The zero-order chi connectivity index (χ0) is 12.9. The number of hydrogen-bond acceptors (Lipinski definition) is 2. The van der Waals surface area contributed by atoms with Crippen LogP contribution in [0.15, 0.2) is 4.99 Å². The molecule has 0 aromatic heterocycles. The number of nitrogens with zero attached hydrogens (tertiary/aromatic N) is 1. The Morgan fingerprint density at radius 2 is 1.20 bits per heavy atom. The maximum atomic E-state index is 4.20. The largest absolute Gasteiger partial charge is 0.284 e. The fourth-order valence-electron chi connectivity index (χ4n) is 0.279. The van der Waals surface area contributed by atoms with Crippen molar-refractivity contribution in [3.05, 3.63) is 0 Å². The van der Waals surface area contributed by atoms with Gasteiger partial charge in [-0.05, 0) is 19.8 Å². The molecule has 0 spiro atoms.